The van der Waals surface area contributed by atoms with Crippen LogP contribution < -0.4 is 5.32 Å². The fourth-order valence-corrected chi connectivity index (χ4v) is 3.60. The van der Waals surface area contributed by atoms with E-state index in [4.69, 9.17) is 10.1 Å². The monoisotopic (exact) mass is 378 g/mol. The molecule has 1 amide bonds. The number of hydrogen-bond donors (Lipinski definition) is 3. The fraction of sp³-hybridized carbons (Fsp3) is 0.333. The standard InChI is InChI=1S/C21H22N4O3/c1-11-6-7-22-19(23-11)15-9-14(15)18-10-16(21(2,3)28)13-5-4-12(24-20(26)27)8-17(13)25-18/h4-8,10,14-15,24,28H,9H2,1-3H3,(H,26,27)/t14-,15-/m0/s1. The van der Waals surface area contributed by atoms with Crippen molar-refractivity contribution >= 4 is 22.7 Å². The van der Waals surface area contributed by atoms with Crippen LogP contribution in [-0.4, -0.2) is 31.3 Å². The van der Waals surface area contributed by atoms with E-state index in [9.17, 15) is 9.90 Å². The topological polar surface area (TPSA) is 108 Å². The van der Waals surface area contributed by atoms with Gasteiger partial charge in [-0.05, 0) is 57.0 Å². The van der Waals surface area contributed by atoms with Gasteiger partial charge in [-0.2, -0.15) is 0 Å². The predicted octanol–water partition coefficient (Wildman–Crippen LogP) is 3.92. The number of rotatable bonds is 4. The van der Waals surface area contributed by atoms with Crippen molar-refractivity contribution in [2.24, 2.45) is 0 Å². The Bertz CT molecular complexity index is 1070. The Morgan fingerprint density at radius 1 is 1.18 bits per heavy atom. The molecule has 4 rings (SSSR count). The van der Waals surface area contributed by atoms with E-state index >= 15 is 0 Å². The SMILES string of the molecule is Cc1ccnc([C@H]2C[C@@H]2c2cc(C(C)(C)O)c3ccc(NC(=O)O)cc3n2)n1. The van der Waals surface area contributed by atoms with Crippen LogP contribution in [0.5, 0.6) is 0 Å². The first kappa shape index (κ1) is 18.3. The highest BCUT2D eigenvalue weighted by Crippen LogP contribution is 2.53. The van der Waals surface area contributed by atoms with Gasteiger partial charge < -0.3 is 10.2 Å². The third-order valence-electron chi connectivity index (χ3n) is 5.06. The number of nitrogens with zero attached hydrogens (tertiary/aromatic N) is 3. The molecule has 1 saturated carbocycles. The maximum Gasteiger partial charge on any atom is 0.409 e. The van der Waals surface area contributed by atoms with Gasteiger partial charge in [0.1, 0.15) is 5.82 Å². The Kier molecular flexibility index (Phi) is 4.27. The minimum absolute atomic E-state index is 0.184. The molecule has 144 valence electrons. The second-order valence-corrected chi connectivity index (χ2v) is 7.82. The Morgan fingerprint density at radius 2 is 1.96 bits per heavy atom. The molecule has 1 fully saturated rings. The zero-order valence-electron chi connectivity index (χ0n) is 16.0. The molecule has 7 heteroatoms. The van der Waals surface area contributed by atoms with Crippen LogP contribution in [0.15, 0.2) is 36.5 Å². The van der Waals surface area contributed by atoms with Gasteiger partial charge in [-0.25, -0.2) is 14.8 Å². The summed E-state index contributed by atoms with van der Waals surface area (Å²) >= 11 is 0. The Hall–Kier alpha value is -3.06. The number of hydrogen-bond acceptors (Lipinski definition) is 5. The number of anilines is 1. The van der Waals surface area contributed by atoms with Crippen LogP contribution in [0.25, 0.3) is 10.9 Å². The Balaban J connectivity index is 1.77. The lowest BCUT2D eigenvalue weighted by Crippen LogP contribution is -2.17. The highest BCUT2D eigenvalue weighted by atomic mass is 16.4. The molecule has 3 N–H and O–H groups in total. The van der Waals surface area contributed by atoms with Gasteiger partial charge in [-0.1, -0.05) is 6.07 Å². The van der Waals surface area contributed by atoms with Crippen LogP contribution >= 0.6 is 0 Å². The summed E-state index contributed by atoms with van der Waals surface area (Å²) in [6.45, 7) is 5.42. The number of nitrogens with one attached hydrogen (secondary N) is 1. The van der Waals surface area contributed by atoms with Crippen molar-refractivity contribution in [2.45, 2.75) is 44.6 Å². The van der Waals surface area contributed by atoms with Gasteiger partial charge in [-0.3, -0.25) is 10.3 Å². The van der Waals surface area contributed by atoms with Crippen LogP contribution in [-0.2, 0) is 5.60 Å². The van der Waals surface area contributed by atoms with Crippen molar-refractivity contribution in [1.29, 1.82) is 0 Å². The summed E-state index contributed by atoms with van der Waals surface area (Å²) in [5.41, 5.74) is 2.61. The number of pyridine rings is 1. The molecule has 0 bridgehead atoms. The highest BCUT2D eigenvalue weighted by Gasteiger charge is 2.43. The third-order valence-corrected chi connectivity index (χ3v) is 5.06. The first-order chi connectivity index (χ1) is 13.2. The fourth-order valence-electron chi connectivity index (χ4n) is 3.60. The first-order valence-electron chi connectivity index (χ1n) is 9.19. The summed E-state index contributed by atoms with van der Waals surface area (Å²) in [6, 6.07) is 8.99. The van der Waals surface area contributed by atoms with Gasteiger partial charge in [0.25, 0.3) is 0 Å². The smallest absolute Gasteiger partial charge is 0.409 e. The van der Waals surface area contributed by atoms with Gasteiger partial charge >= 0.3 is 6.09 Å². The molecule has 2 heterocycles. The van der Waals surface area contributed by atoms with Crippen LogP contribution in [0.3, 0.4) is 0 Å². The molecule has 2 atom stereocenters. The van der Waals surface area contributed by atoms with Crippen molar-refractivity contribution < 1.29 is 15.0 Å². The van der Waals surface area contributed by atoms with Crippen LogP contribution in [0.2, 0.25) is 0 Å². The molecular weight excluding hydrogens is 356 g/mol. The van der Waals surface area contributed by atoms with E-state index in [-0.39, 0.29) is 11.8 Å². The summed E-state index contributed by atoms with van der Waals surface area (Å²) in [7, 11) is 0. The quantitative estimate of drug-likeness (QED) is 0.635. The van der Waals surface area contributed by atoms with Gasteiger partial charge in [0.05, 0.1) is 11.1 Å². The van der Waals surface area contributed by atoms with Crippen molar-refractivity contribution in [3.63, 3.8) is 0 Å². The lowest BCUT2D eigenvalue weighted by Gasteiger charge is -2.21. The van der Waals surface area contributed by atoms with Gasteiger partial charge in [0.15, 0.2) is 0 Å². The molecule has 1 aliphatic rings. The zero-order valence-corrected chi connectivity index (χ0v) is 16.0. The number of carbonyl (C=O) groups is 1. The second kappa shape index (κ2) is 6.53. The molecule has 0 spiro atoms. The molecule has 1 aliphatic carbocycles. The van der Waals surface area contributed by atoms with Crippen LogP contribution in [0, 0.1) is 6.92 Å². The van der Waals surface area contributed by atoms with E-state index in [1.54, 1.807) is 38.2 Å². The zero-order chi connectivity index (χ0) is 20.1. The lowest BCUT2D eigenvalue weighted by atomic mass is 9.93. The number of aliphatic hydroxyl groups is 1. The summed E-state index contributed by atoms with van der Waals surface area (Å²) in [5.74, 6) is 1.21. The average molecular weight is 378 g/mol. The molecule has 0 aliphatic heterocycles. The number of aryl methyl sites for hydroxylation is 1. The summed E-state index contributed by atoms with van der Waals surface area (Å²) in [4.78, 5) is 24.7. The minimum atomic E-state index is -1.13. The number of fused-ring (bicyclic) bond motifs is 1. The van der Waals surface area contributed by atoms with E-state index in [1.165, 1.54) is 0 Å². The van der Waals surface area contributed by atoms with Gasteiger partial charge in [-0.15, -0.1) is 0 Å². The van der Waals surface area contributed by atoms with Crippen molar-refractivity contribution in [2.75, 3.05) is 5.32 Å². The normalized spacial score (nSPS) is 18.9. The third kappa shape index (κ3) is 3.53. The van der Waals surface area contributed by atoms with Gasteiger partial charge in [0.2, 0.25) is 0 Å². The summed E-state index contributed by atoms with van der Waals surface area (Å²) in [6.07, 6.45) is 1.55. The molecule has 1 aromatic carbocycles. The Labute approximate surface area is 162 Å². The van der Waals surface area contributed by atoms with Crippen molar-refractivity contribution in [1.82, 2.24) is 15.0 Å². The van der Waals surface area contributed by atoms with Crippen LogP contribution in [0.1, 0.15) is 54.9 Å². The summed E-state index contributed by atoms with van der Waals surface area (Å²) < 4.78 is 0. The minimum Gasteiger partial charge on any atom is -0.465 e. The number of amides is 1. The summed E-state index contributed by atoms with van der Waals surface area (Å²) in [5, 5.41) is 22.8. The maximum atomic E-state index is 11.0. The maximum absolute atomic E-state index is 11.0. The molecule has 2 aromatic heterocycles. The first-order valence-corrected chi connectivity index (χ1v) is 9.19. The molecule has 0 unspecified atom stereocenters. The largest absolute Gasteiger partial charge is 0.465 e. The Morgan fingerprint density at radius 3 is 2.64 bits per heavy atom. The molecular formula is C21H22N4O3. The highest BCUT2D eigenvalue weighted by molar-refractivity contribution is 5.90. The number of benzene rings is 1. The average Bonchev–Trinajstić information content (AvgIpc) is 3.40. The number of carboxylic acid groups (broad SMARTS) is 1. The molecule has 28 heavy (non-hydrogen) atoms. The predicted molar refractivity (Wildman–Crippen MR) is 106 cm³/mol. The van der Waals surface area contributed by atoms with E-state index in [2.05, 4.69) is 15.3 Å². The number of aromatic nitrogens is 3. The second-order valence-electron chi connectivity index (χ2n) is 7.82. The van der Waals surface area contributed by atoms with Crippen LogP contribution in [0.4, 0.5) is 10.5 Å². The van der Waals surface area contributed by atoms with E-state index < -0.39 is 11.7 Å². The lowest BCUT2D eigenvalue weighted by molar-refractivity contribution is 0.0800. The van der Waals surface area contributed by atoms with Gasteiger partial charge in [0, 0.05) is 40.5 Å². The van der Waals surface area contributed by atoms with E-state index in [1.807, 2.05) is 19.1 Å². The molecule has 3 aromatic rings. The van der Waals surface area contributed by atoms with Crippen molar-refractivity contribution in [3.05, 3.63) is 59.3 Å². The van der Waals surface area contributed by atoms with E-state index in [0.29, 0.717) is 11.2 Å². The molecule has 0 radical (unpaired) electrons. The van der Waals surface area contributed by atoms with Crippen molar-refractivity contribution in [3.8, 4) is 0 Å². The molecule has 0 saturated heterocycles. The van der Waals surface area contributed by atoms with E-state index in [0.717, 1.165) is 34.6 Å². The molecule has 7 nitrogen and oxygen atoms in total.